The Hall–Kier alpha value is -2.91. The lowest BCUT2D eigenvalue weighted by atomic mass is 9.97. The minimum atomic E-state index is -0.362. The van der Waals surface area contributed by atoms with Gasteiger partial charge in [-0.1, -0.05) is 0 Å². The first-order valence-corrected chi connectivity index (χ1v) is 10.3. The summed E-state index contributed by atoms with van der Waals surface area (Å²) in [6.45, 7) is 1.23. The maximum absolute atomic E-state index is 13.2. The maximum atomic E-state index is 13.2. The number of amides is 1. The Labute approximate surface area is 171 Å². The first-order valence-electron chi connectivity index (χ1n) is 9.38. The zero-order valence-electron chi connectivity index (χ0n) is 16.0. The van der Waals surface area contributed by atoms with Crippen molar-refractivity contribution < 1.29 is 14.6 Å². The molecule has 1 amide bonds. The second kappa shape index (κ2) is 7.84. The van der Waals surface area contributed by atoms with E-state index in [-0.39, 0.29) is 29.7 Å². The van der Waals surface area contributed by atoms with E-state index >= 15 is 0 Å². The molecule has 3 aromatic rings. The van der Waals surface area contributed by atoms with Crippen LogP contribution in [0.4, 0.5) is 5.00 Å². The Morgan fingerprint density at radius 3 is 2.62 bits per heavy atom. The number of piperidine rings is 1. The smallest absolute Gasteiger partial charge is 0.282 e. The zero-order chi connectivity index (χ0) is 20.5. The van der Waals surface area contributed by atoms with Crippen LogP contribution in [0.25, 0.3) is 16.5 Å². The van der Waals surface area contributed by atoms with Crippen LogP contribution >= 0.6 is 11.3 Å². The molecule has 3 heterocycles. The number of aliphatic hydroxyl groups excluding tert-OH is 1. The zero-order valence-corrected chi connectivity index (χ0v) is 16.8. The molecule has 0 atom stereocenters. The summed E-state index contributed by atoms with van der Waals surface area (Å²) >= 11 is 1.22. The van der Waals surface area contributed by atoms with Crippen molar-refractivity contribution in [3.63, 3.8) is 0 Å². The van der Waals surface area contributed by atoms with Gasteiger partial charge in [0.15, 0.2) is 5.69 Å². The number of thiophene rings is 1. The highest BCUT2D eigenvalue weighted by Crippen LogP contribution is 2.29. The third-order valence-electron chi connectivity index (χ3n) is 5.36. The number of anilines is 1. The first kappa shape index (κ1) is 19.4. The number of rotatable bonds is 4. The van der Waals surface area contributed by atoms with Gasteiger partial charge in [0.2, 0.25) is 0 Å². The number of nitrogens with two attached hydrogens (primary N) is 1. The number of carbonyl (C=O) groups is 1. The van der Waals surface area contributed by atoms with Gasteiger partial charge in [-0.25, -0.2) is 0 Å². The molecule has 0 saturated carbocycles. The summed E-state index contributed by atoms with van der Waals surface area (Å²) in [5, 5.41) is 16.6. The average Bonchev–Trinajstić information content (AvgIpc) is 3.16. The van der Waals surface area contributed by atoms with Crippen LogP contribution in [0.5, 0.6) is 5.75 Å². The number of nitrogen functional groups attached to an aromatic ring is 1. The van der Waals surface area contributed by atoms with Gasteiger partial charge in [0.05, 0.1) is 23.2 Å². The minimum Gasteiger partial charge on any atom is -0.497 e. The molecule has 152 valence electrons. The van der Waals surface area contributed by atoms with Gasteiger partial charge in [-0.05, 0) is 43.0 Å². The molecule has 0 unspecified atom stereocenters. The number of aromatic nitrogens is 2. The molecule has 0 bridgehead atoms. The molecule has 1 aromatic carbocycles. The third kappa shape index (κ3) is 3.47. The topological polar surface area (TPSA) is 111 Å². The minimum absolute atomic E-state index is 0.133. The fourth-order valence-corrected chi connectivity index (χ4v) is 4.39. The molecule has 9 heteroatoms. The molecule has 8 nitrogen and oxygen atoms in total. The first-order chi connectivity index (χ1) is 14.0. The van der Waals surface area contributed by atoms with Crippen molar-refractivity contribution in [3.05, 3.63) is 45.7 Å². The summed E-state index contributed by atoms with van der Waals surface area (Å²) in [5.74, 6) is 0.643. The van der Waals surface area contributed by atoms with E-state index in [1.54, 1.807) is 41.7 Å². The number of nitrogens with zero attached hydrogens (tertiary/aromatic N) is 3. The Morgan fingerprint density at radius 2 is 2.00 bits per heavy atom. The molecule has 3 N–H and O–H groups in total. The maximum Gasteiger partial charge on any atom is 0.282 e. The molecular weight excluding hydrogens is 392 g/mol. The molecule has 4 rings (SSSR count). The molecule has 29 heavy (non-hydrogen) atoms. The fraction of sp³-hybridized carbons (Fsp3) is 0.350. The predicted molar refractivity (Wildman–Crippen MR) is 112 cm³/mol. The van der Waals surface area contributed by atoms with E-state index in [0.29, 0.717) is 40.3 Å². The lowest BCUT2D eigenvalue weighted by molar-refractivity contribution is 0.0645. The number of hydrogen-bond acceptors (Lipinski definition) is 7. The van der Waals surface area contributed by atoms with Crippen LogP contribution in [0.15, 0.2) is 34.4 Å². The van der Waals surface area contributed by atoms with Gasteiger partial charge in [0.1, 0.15) is 5.75 Å². The Kier molecular flexibility index (Phi) is 5.25. The van der Waals surface area contributed by atoms with Gasteiger partial charge in [-0.2, -0.15) is 9.78 Å². The monoisotopic (exact) mass is 414 g/mol. The molecule has 0 radical (unpaired) electrons. The van der Waals surface area contributed by atoms with Crippen LogP contribution in [0, 0.1) is 5.92 Å². The molecule has 1 saturated heterocycles. The van der Waals surface area contributed by atoms with Gasteiger partial charge >= 0.3 is 0 Å². The Bertz CT molecular complexity index is 1100. The van der Waals surface area contributed by atoms with Crippen molar-refractivity contribution in [2.75, 3.05) is 32.5 Å². The molecule has 1 aliphatic rings. The van der Waals surface area contributed by atoms with Crippen LogP contribution in [0.3, 0.4) is 0 Å². The molecular formula is C20H22N4O4S. The fourth-order valence-electron chi connectivity index (χ4n) is 3.60. The molecule has 2 aromatic heterocycles. The number of fused-ring (bicyclic) bond motifs is 1. The van der Waals surface area contributed by atoms with Crippen molar-refractivity contribution in [2.45, 2.75) is 12.8 Å². The number of carbonyl (C=O) groups excluding carboxylic acids is 1. The summed E-state index contributed by atoms with van der Waals surface area (Å²) < 4.78 is 6.39. The molecule has 1 aliphatic heterocycles. The van der Waals surface area contributed by atoms with Gasteiger partial charge in [-0.3, -0.25) is 9.59 Å². The Balaban J connectivity index is 1.80. The van der Waals surface area contributed by atoms with Crippen molar-refractivity contribution in [2.24, 2.45) is 5.92 Å². The summed E-state index contributed by atoms with van der Waals surface area (Å²) in [6, 6.07) is 6.88. The van der Waals surface area contributed by atoms with E-state index in [0.717, 1.165) is 12.8 Å². The van der Waals surface area contributed by atoms with Crippen molar-refractivity contribution in [1.29, 1.82) is 0 Å². The number of likely N-dealkylation sites (tertiary alicyclic amines) is 1. The average molecular weight is 414 g/mol. The lowest BCUT2D eigenvalue weighted by Crippen LogP contribution is -2.40. The van der Waals surface area contributed by atoms with E-state index in [1.165, 1.54) is 16.0 Å². The second-order valence-corrected chi connectivity index (χ2v) is 7.98. The third-order valence-corrected chi connectivity index (χ3v) is 6.17. The van der Waals surface area contributed by atoms with Gasteiger partial charge in [0, 0.05) is 30.5 Å². The highest BCUT2D eigenvalue weighted by atomic mass is 32.1. The number of methoxy groups -OCH3 is 1. The normalized spacial score (nSPS) is 15.0. The molecule has 0 spiro atoms. The van der Waals surface area contributed by atoms with Crippen LogP contribution < -0.4 is 16.0 Å². The number of hydrogen-bond donors (Lipinski definition) is 2. The largest absolute Gasteiger partial charge is 0.497 e. The van der Waals surface area contributed by atoms with E-state index in [9.17, 15) is 14.7 Å². The molecule has 0 aliphatic carbocycles. The van der Waals surface area contributed by atoms with Gasteiger partial charge in [0.25, 0.3) is 11.5 Å². The van der Waals surface area contributed by atoms with Gasteiger partial charge < -0.3 is 20.5 Å². The van der Waals surface area contributed by atoms with Crippen LogP contribution in [0.2, 0.25) is 0 Å². The predicted octanol–water partition coefficient (Wildman–Crippen LogP) is 1.88. The number of aliphatic hydroxyl groups is 1. The number of ether oxygens (including phenoxy) is 1. The summed E-state index contributed by atoms with van der Waals surface area (Å²) in [5.41, 5.74) is 6.43. The van der Waals surface area contributed by atoms with Crippen LogP contribution in [-0.4, -0.2) is 52.5 Å². The number of benzene rings is 1. The van der Waals surface area contributed by atoms with Crippen molar-refractivity contribution >= 4 is 33.0 Å². The van der Waals surface area contributed by atoms with Crippen LogP contribution in [-0.2, 0) is 0 Å². The highest BCUT2D eigenvalue weighted by Gasteiger charge is 2.27. The van der Waals surface area contributed by atoms with E-state index in [4.69, 9.17) is 10.5 Å². The quantitative estimate of drug-likeness (QED) is 0.674. The second-order valence-electron chi connectivity index (χ2n) is 7.07. The molecule has 1 fully saturated rings. The SMILES string of the molecule is COc1ccc(-n2nc(C(=O)N3CCC(CO)CC3)c3csc(N)c3c2=O)cc1. The van der Waals surface area contributed by atoms with Crippen molar-refractivity contribution in [1.82, 2.24) is 14.7 Å². The van der Waals surface area contributed by atoms with Crippen molar-refractivity contribution in [3.8, 4) is 11.4 Å². The van der Waals surface area contributed by atoms with E-state index < -0.39 is 0 Å². The Morgan fingerprint density at radius 1 is 1.31 bits per heavy atom. The van der Waals surface area contributed by atoms with Gasteiger partial charge in [-0.15, -0.1) is 11.3 Å². The lowest BCUT2D eigenvalue weighted by Gasteiger charge is -2.31. The summed E-state index contributed by atoms with van der Waals surface area (Å²) in [7, 11) is 1.56. The van der Waals surface area contributed by atoms with E-state index in [1.807, 2.05) is 0 Å². The standard InChI is InChI=1S/C20H22N4O4S/c1-28-14-4-2-13(3-5-14)24-19(26)16-15(11-29-18(16)21)17(22-24)20(27)23-8-6-12(10-25)7-9-23/h2-5,11-12,25H,6-10,21H2,1H3. The highest BCUT2D eigenvalue weighted by molar-refractivity contribution is 7.15. The van der Waals surface area contributed by atoms with E-state index in [2.05, 4.69) is 5.10 Å². The van der Waals surface area contributed by atoms with Crippen LogP contribution in [0.1, 0.15) is 23.3 Å². The summed E-state index contributed by atoms with van der Waals surface area (Å²) in [4.78, 5) is 28.0. The summed E-state index contributed by atoms with van der Waals surface area (Å²) in [6.07, 6.45) is 1.49.